The first kappa shape index (κ1) is 12.8. The van der Waals surface area contributed by atoms with Crippen LogP contribution >= 0.6 is 15.9 Å². The smallest absolute Gasteiger partial charge is 0.267 e. The van der Waals surface area contributed by atoms with E-state index in [-0.39, 0.29) is 5.56 Å². The Bertz CT molecular complexity index is 622. The molecular weight excluding hydrogens is 294 g/mol. The van der Waals surface area contributed by atoms with Gasteiger partial charge in [-0.25, -0.2) is 4.98 Å². The molecular formula is C13H14BrN3O. The van der Waals surface area contributed by atoms with Crippen molar-refractivity contribution in [2.75, 3.05) is 5.73 Å². The van der Waals surface area contributed by atoms with Gasteiger partial charge in [0.25, 0.3) is 5.56 Å². The van der Waals surface area contributed by atoms with Crippen LogP contribution in [0.1, 0.15) is 11.3 Å². The van der Waals surface area contributed by atoms with E-state index in [4.69, 9.17) is 5.73 Å². The minimum Gasteiger partial charge on any atom is -0.399 e. The van der Waals surface area contributed by atoms with Crippen molar-refractivity contribution in [1.82, 2.24) is 9.55 Å². The van der Waals surface area contributed by atoms with Crippen molar-refractivity contribution in [2.45, 2.75) is 19.9 Å². The number of rotatable bonds is 3. The number of para-hydroxylation sites is 1. The van der Waals surface area contributed by atoms with Crippen LogP contribution in [0.25, 0.3) is 0 Å². The molecule has 0 fully saturated rings. The number of hydrogen-bond acceptors (Lipinski definition) is 3. The van der Waals surface area contributed by atoms with Gasteiger partial charge in [0.1, 0.15) is 4.47 Å². The standard InChI is InChI=1S/C13H14BrN3O/c1-9-12(14)13(18)17(8-16-9)7-6-10-4-2-3-5-11(10)15/h2-5,8H,6-7,15H2,1H3. The summed E-state index contributed by atoms with van der Waals surface area (Å²) in [7, 11) is 0. The predicted octanol–water partition coefficient (Wildman–Crippen LogP) is 2.14. The van der Waals surface area contributed by atoms with E-state index in [1.54, 1.807) is 17.8 Å². The minimum absolute atomic E-state index is 0.0583. The molecule has 0 atom stereocenters. The van der Waals surface area contributed by atoms with Crippen LogP contribution in [0.2, 0.25) is 0 Å². The van der Waals surface area contributed by atoms with Crippen LogP contribution in [-0.2, 0) is 13.0 Å². The molecule has 0 bridgehead atoms. The molecule has 2 aromatic rings. The van der Waals surface area contributed by atoms with E-state index in [0.717, 1.165) is 11.3 Å². The number of nitrogen functional groups attached to an aromatic ring is 1. The number of nitrogens with zero attached hydrogens (tertiary/aromatic N) is 2. The van der Waals surface area contributed by atoms with Gasteiger partial charge in [-0.1, -0.05) is 18.2 Å². The summed E-state index contributed by atoms with van der Waals surface area (Å²) >= 11 is 3.25. The molecule has 0 spiro atoms. The highest BCUT2D eigenvalue weighted by molar-refractivity contribution is 9.10. The van der Waals surface area contributed by atoms with E-state index in [9.17, 15) is 4.79 Å². The maximum absolute atomic E-state index is 11.9. The number of hydrogen-bond donors (Lipinski definition) is 1. The number of benzene rings is 1. The maximum Gasteiger partial charge on any atom is 0.267 e. The molecule has 5 heteroatoms. The van der Waals surface area contributed by atoms with Gasteiger partial charge in [-0.05, 0) is 40.9 Å². The van der Waals surface area contributed by atoms with Crippen molar-refractivity contribution < 1.29 is 0 Å². The van der Waals surface area contributed by atoms with E-state index >= 15 is 0 Å². The van der Waals surface area contributed by atoms with Gasteiger partial charge in [0.05, 0.1) is 12.0 Å². The van der Waals surface area contributed by atoms with Gasteiger partial charge in [-0.15, -0.1) is 0 Å². The molecule has 0 saturated carbocycles. The lowest BCUT2D eigenvalue weighted by molar-refractivity contribution is 0.648. The van der Waals surface area contributed by atoms with Crippen LogP contribution in [0, 0.1) is 6.92 Å². The highest BCUT2D eigenvalue weighted by Gasteiger charge is 2.06. The third-order valence-corrected chi connectivity index (χ3v) is 3.75. The molecule has 0 aliphatic heterocycles. The first-order valence-electron chi connectivity index (χ1n) is 5.64. The van der Waals surface area contributed by atoms with Gasteiger partial charge in [-0.2, -0.15) is 0 Å². The summed E-state index contributed by atoms with van der Waals surface area (Å²) in [5.74, 6) is 0. The number of nitrogens with two attached hydrogens (primary N) is 1. The molecule has 18 heavy (non-hydrogen) atoms. The fourth-order valence-corrected chi connectivity index (χ4v) is 2.04. The van der Waals surface area contributed by atoms with E-state index < -0.39 is 0 Å². The predicted molar refractivity (Wildman–Crippen MR) is 75.5 cm³/mol. The van der Waals surface area contributed by atoms with Crippen LogP contribution in [0.5, 0.6) is 0 Å². The zero-order valence-corrected chi connectivity index (χ0v) is 11.6. The lowest BCUT2D eigenvalue weighted by atomic mass is 10.1. The normalized spacial score (nSPS) is 10.6. The van der Waals surface area contributed by atoms with Crippen LogP contribution in [0.3, 0.4) is 0 Å². The monoisotopic (exact) mass is 307 g/mol. The maximum atomic E-state index is 11.9. The van der Waals surface area contributed by atoms with E-state index in [1.165, 1.54) is 0 Å². The Kier molecular flexibility index (Phi) is 3.81. The summed E-state index contributed by atoms with van der Waals surface area (Å²) in [6.07, 6.45) is 2.28. The van der Waals surface area contributed by atoms with Crippen LogP contribution in [0.4, 0.5) is 5.69 Å². The van der Waals surface area contributed by atoms with Gasteiger partial charge in [0.15, 0.2) is 0 Å². The Labute approximate surface area is 114 Å². The second-order valence-electron chi connectivity index (χ2n) is 4.09. The molecule has 4 nitrogen and oxygen atoms in total. The Hall–Kier alpha value is -1.62. The molecule has 0 aliphatic carbocycles. The van der Waals surface area contributed by atoms with Crippen molar-refractivity contribution >= 4 is 21.6 Å². The Balaban J connectivity index is 2.19. The van der Waals surface area contributed by atoms with Crippen LogP contribution < -0.4 is 11.3 Å². The Morgan fingerprint density at radius 3 is 2.83 bits per heavy atom. The molecule has 1 heterocycles. The van der Waals surface area contributed by atoms with E-state index in [2.05, 4.69) is 20.9 Å². The molecule has 1 aromatic heterocycles. The zero-order valence-electron chi connectivity index (χ0n) is 10.1. The second-order valence-corrected chi connectivity index (χ2v) is 4.88. The third kappa shape index (κ3) is 2.61. The van der Waals surface area contributed by atoms with Crippen LogP contribution in [0.15, 0.2) is 39.9 Å². The fourth-order valence-electron chi connectivity index (χ4n) is 1.71. The zero-order chi connectivity index (χ0) is 13.1. The lowest BCUT2D eigenvalue weighted by Gasteiger charge is -2.08. The quantitative estimate of drug-likeness (QED) is 0.884. The molecule has 0 radical (unpaired) electrons. The largest absolute Gasteiger partial charge is 0.399 e. The van der Waals surface area contributed by atoms with Crippen molar-refractivity contribution in [1.29, 1.82) is 0 Å². The summed E-state index contributed by atoms with van der Waals surface area (Å²) in [5.41, 5.74) is 8.31. The van der Waals surface area contributed by atoms with Gasteiger partial charge in [0, 0.05) is 12.2 Å². The third-order valence-electron chi connectivity index (χ3n) is 2.83. The van der Waals surface area contributed by atoms with Crippen molar-refractivity contribution in [3.63, 3.8) is 0 Å². The molecule has 94 valence electrons. The SMILES string of the molecule is Cc1ncn(CCc2ccccc2N)c(=O)c1Br. The molecule has 0 unspecified atom stereocenters. The number of aryl methyl sites for hydroxylation is 3. The van der Waals surface area contributed by atoms with Crippen molar-refractivity contribution in [2.24, 2.45) is 0 Å². The average Bonchev–Trinajstić information content (AvgIpc) is 2.37. The highest BCUT2D eigenvalue weighted by Crippen LogP contribution is 2.12. The number of aromatic nitrogens is 2. The Morgan fingerprint density at radius 2 is 2.11 bits per heavy atom. The fraction of sp³-hybridized carbons (Fsp3) is 0.231. The molecule has 0 aliphatic rings. The lowest BCUT2D eigenvalue weighted by Crippen LogP contribution is -2.23. The average molecular weight is 308 g/mol. The molecule has 2 N–H and O–H groups in total. The first-order valence-corrected chi connectivity index (χ1v) is 6.44. The summed E-state index contributed by atoms with van der Waals surface area (Å²) in [5, 5.41) is 0. The number of halogens is 1. The van der Waals surface area contributed by atoms with E-state index in [1.807, 2.05) is 24.3 Å². The minimum atomic E-state index is -0.0583. The number of anilines is 1. The van der Waals surface area contributed by atoms with Crippen molar-refractivity contribution in [3.8, 4) is 0 Å². The van der Waals surface area contributed by atoms with Crippen molar-refractivity contribution in [3.05, 3.63) is 56.7 Å². The molecule has 0 saturated heterocycles. The molecule has 2 rings (SSSR count). The van der Waals surface area contributed by atoms with Crippen LogP contribution in [-0.4, -0.2) is 9.55 Å². The van der Waals surface area contributed by atoms with Gasteiger partial charge in [-0.3, -0.25) is 9.36 Å². The topological polar surface area (TPSA) is 60.9 Å². The molecule has 0 amide bonds. The first-order chi connectivity index (χ1) is 8.59. The van der Waals surface area contributed by atoms with E-state index in [0.29, 0.717) is 23.1 Å². The molecule has 1 aromatic carbocycles. The second kappa shape index (κ2) is 5.35. The highest BCUT2D eigenvalue weighted by atomic mass is 79.9. The van der Waals surface area contributed by atoms with Gasteiger partial charge in [0.2, 0.25) is 0 Å². The summed E-state index contributed by atoms with van der Waals surface area (Å²) < 4.78 is 2.11. The Morgan fingerprint density at radius 1 is 1.39 bits per heavy atom. The summed E-state index contributed by atoms with van der Waals surface area (Å²) in [6.45, 7) is 2.37. The summed E-state index contributed by atoms with van der Waals surface area (Å²) in [4.78, 5) is 16.1. The van der Waals surface area contributed by atoms with Gasteiger partial charge < -0.3 is 5.73 Å². The summed E-state index contributed by atoms with van der Waals surface area (Å²) in [6, 6.07) is 7.67. The van der Waals surface area contributed by atoms with Gasteiger partial charge >= 0.3 is 0 Å².